The first-order valence-corrected chi connectivity index (χ1v) is 2.94. The van der Waals surface area contributed by atoms with Crippen molar-refractivity contribution >= 4 is 5.78 Å². The maximum atomic E-state index is 11.5. The molecule has 0 atom stereocenters. The quantitative estimate of drug-likeness (QED) is 0.570. The van der Waals surface area contributed by atoms with Gasteiger partial charge in [0.15, 0.2) is 5.78 Å². The van der Waals surface area contributed by atoms with E-state index in [1.807, 2.05) is 0 Å². The lowest BCUT2D eigenvalue weighted by Crippen LogP contribution is -2.14. The minimum absolute atomic E-state index is 0.310. The molecule has 0 aliphatic heterocycles. The Morgan fingerprint density at radius 3 is 2.36 bits per heavy atom. The molecule has 4 heteroatoms. The van der Waals surface area contributed by atoms with Gasteiger partial charge in [-0.25, -0.2) is 0 Å². The number of halogens is 3. The van der Waals surface area contributed by atoms with Crippen LogP contribution < -0.4 is 0 Å². The number of hydrogen-bond acceptors (Lipinski definition) is 1. The summed E-state index contributed by atoms with van der Waals surface area (Å²) in [6.07, 6.45) is -6.08. The third kappa shape index (κ3) is 6.91. The van der Waals surface area contributed by atoms with Crippen molar-refractivity contribution in [2.75, 3.05) is 0 Å². The molecule has 0 aliphatic carbocycles. The zero-order chi connectivity index (χ0) is 8.91. The fraction of sp³-hybridized carbons (Fsp3) is 0.571. The summed E-state index contributed by atoms with van der Waals surface area (Å²) in [5.41, 5.74) is 0. The highest BCUT2D eigenvalue weighted by Crippen LogP contribution is 2.19. The Labute approximate surface area is 62.6 Å². The summed E-state index contributed by atoms with van der Waals surface area (Å²) in [7, 11) is 0. The van der Waals surface area contributed by atoms with E-state index in [-0.39, 0.29) is 6.42 Å². The Hall–Kier alpha value is -0.980. The summed E-state index contributed by atoms with van der Waals surface area (Å²) < 4.78 is 34.4. The maximum absolute atomic E-state index is 11.5. The highest BCUT2D eigenvalue weighted by atomic mass is 19.4. The molecule has 0 aromatic carbocycles. The van der Waals surface area contributed by atoms with Crippen molar-refractivity contribution in [2.45, 2.75) is 25.9 Å². The molecular weight excluding hydrogens is 157 g/mol. The first kappa shape index (κ1) is 10.0. The van der Waals surface area contributed by atoms with Crippen LogP contribution in [0.25, 0.3) is 0 Å². The second-order valence-electron chi connectivity index (χ2n) is 1.93. The highest BCUT2D eigenvalue weighted by Gasteiger charge is 2.30. The first-order valence-electron chi connectivity index (χ1n) is 2.94. The van der Waals surface area contributed by atoms with Crippen LogP contribution in [0.4, 0.5) is 13.2 Å². The molecule has 62 valence electrons. The van der Waals surface area contributed by atoms with Crippen molar-refractivity contribution in [1.82, 2.24) is 0 Å². The Morgan fingerprint density at radius 1 is 1.45 bits per heavy atom. The molecule has 0 heterocycles. The fourth-order valence-corrected chi connectivity index (χ4v) is 0.473. The van der Waals surface area contributed by atoms with Gasteiger partial charge in [-0.2, -0.15) is 13.2 Å². The van der Waals surface area contributed by atoms with E-state index < -0.39 is 18.4 Å². The predicted octanol–water partition coefficient (Wildman–Crippen LogP) is 1.92. The van der Waals surface area contributed by atoms with Crippen LogP contribution in [0.15, 0.2) is 0 Å². The smallest absolute Gasteiger partial charge is 0.298 e. The summed E-state index contributed by atoms with van der Waals surface area (Å²) in [5, 5.41) is 0. The summed E-state index contributed by atoms with van der Waals surface area (Å²) >= 11 is 0. The molecule has 0 bridgehead atoms. The van der Waals surface area contributed by atoms with Gasteiger partial charge in [0.25, 0.3) is 0 Å². The van der Waals surface area contributed by atoms with Gasteiger partial charge in [0.1, 0.15) is 6.42 Å². The number of Topliss-reactive ketones (excluding diaryl/α,β-unsaturated/α-hetero) is 1. The minimum Gasteiger partial charge on any atom is -0.298 e. The van der Waals surface area contributed by atoms with E-state index in [4.69, 9.17) is 0 Å². The van der Waals surface area contributed by atoms with E-state index in [2.05, 4.69) is 11.8 Å². The number of hydrogen-bond donors (Lipinski definition) is 0. The zero-order valence-corrected chi connectivity index (χ0v) is 5.96. The van der Waals surface area contributed by atoms with E-state index in [9.17, 15) is 18.0 Å². The van der Waals surface area contributed by atoms with Gasteiger partial charge >= 0.3 is 6.18 Å². The van der Waals surface area contributed by atoms with Crippen molar-refractivity contribution in [3.63, 3.8) is 0 Å². The minimum atomic E-state index is -4.40. The SMILES string of the molecule is CC#CCC(=O)CC(F)(F)F. The van der Waals surface area contributed by atoms with Gasteiger partial charge in [0.2, 0.25) is 0 Å². The van der Waals surface area contributed by atoms with E-state index >= 15 is 0 Å². The molecule has 0 aromatic heterocycles. The molecule has 11 heavy (non-hydrogen) atoms. The van der Waals surface area contributed by atoms with Gasteiger partial charge in [-0.05, 0) is 6.92 Å². The van der Waals surface area contributed by atoms with Crippen LogP contribution >= 0.6 is 0 Å². The van der Waals surface area contributed by atoms with Gasteiger partial charge in [0, 0.05) is 0 Å². The molecule has 0 aromatic rings. The third-order valence-corrected chi connectivity index (χ3v) is 0.860. The molecular formula is C7H7F3O. The van der Waals surface area contributed by atoms with Gasteiger partial charge in [-0.1, -0.05) is 5.92 Å². The molecule has 0 radical (unpaired) electrons. The van der Waals surface area contributed by atoms with Crippen LogP contribution in [0, 0.1) is 11.8 Å². The first-order chi connectivity index (χ1) is 4.95. The van der Waals surface area contributed by atoms with E-state index in [0.717, 1.165) is 0 Å². The van der Waals surface area contributed by atoms with Gasteiger partial charge in [-0.3, -0.25) is 4.79 Å². The average molecular weight is 164 g/mol. The van der Waals surface area contributed by atoms with Crippen LogP contribution in [-0.2, 0) is 4.79 Å². The molecule has 0 saturated carbocycles. The number of carbonyl (C=O) groups excluding carboxylic acids is 1. The molecule has 0 aliphatic rings. The molecule has 0 unspecified atom stereocenters. The van der Waals surface area contributed by atoms with Crippen molar-refractivity contribution in [1.29, 1.82) is 0 Å². The Kier molecular flexibility index (Phi) is 3.66. The van der Waals surface area contributed by atoms with E-state index in [1.165, 1.54) is 6.92 Å². The lowest BCUT2D eigenvalue weighted by atomic mass is 10.2. The van der Waals surface area contributed by atoms with E-state index in [0.29, 0.717) is 0 Å². The number of alkyl halides is 3. The van der Waals surface area contributed by atoms with Crippen LogP contribution in [0.2, 0.25) is 0 Å². The standard InChI is InChI=1S/C7H7F3O/c1-2-3-4-6(11)5-7(8,9)10/h4-5H2,1H3. The van der Waals surface area contributed by atoms with Crippen LogP contribution in [0.1, 0.15) is 19.8 Å². The Balaban J connectivity index is 3.77. The molecule has 0 saturated heterocycles. The Morgan fingerprint density at radius 2 is 2.00 bits per heavy atom. The van der Waals surface area contributed by atoms with Crippen LogP contribution in [0.5, 0.6) is 0 Å². The van der Waals surface area contributed by atoms with Crippen molar-refractivity contribution in [2.24, 2.45) is 0 Å². The summed E-state index contributed by atoms with van der Waals surface area (Å²) in [6, 6.07) is 0. The second kappa shape index (κ2) is 4.02. The fourth-order valence-electron chi connectivity index (χ4n) is 0.473. The number of carbonyl (C=O) groups is 1. The van der Waals surface area contributed by atoms with Gasteiger partial charge in [0.05, 0.1) is 6.42 Å². The molecule has 0 amide bonds. The second-order valence-corrected chi connectivity index (χ2v) is 1.93. The monoisotopic (exact) mass is 164 g/mol. The number of rotatable bonds is 2. The number of ketones is 1. The molecule has 0 fully saturated rings. The summed E-state index contributed by atoms with van der Waals surface area (Å²) in [5.74, 6) is 3.73. The summed E-state index contributed by atoms with van der Waals surface area (Å²) in [4.78, 5) is 10.4. The van der Waals surface area contributed by atoms with Gasteiger partial charge < -0.3 is 0 Å². The summed E-state index contributed by atoms with van der Waals surface area (Å²) in [6.45, 7) is 1.47. The largest absolute Gasteiger partial charge is 0.395 e. The molecule has 0 N–H and O–H groups in total. The molecule has 0 spiro atoms. The van der Waals surface area contributed by atoms with Crippen LogP contribution in [0.3, 0.4) is 0 Å². The average Bonchev–Trinajstić information content (AvgIpc) is 1.79. The highest BCUT2D eigenvalue weighted by molar-refractivity contribution is 5.81. The Bertz CT molecular complexity index is 194. The van der Waals surface area contributed by atoms with Crippen molar-refractivity contribution < 1.29 is 18.0 Å². The van der Waals surface area contributed by atoms with Crippen LogP contribution in [-0.4, -0.2) is 12.0 Å². The lowest BCUT2D eigenvalue weighted by Gasteiger charge is -2.01. The maximum Gasteiger partial charge on any atom is 0.395 e. The van der Waals surface area contributed by atoms with Gasteiger partial charge in [-0.15, -0.1) is 5.92 Å². The van der Waals surface area contributed by atoms with Crippen molar-refractivity contribution in [3.8, 4) is 11.8 Å². The predicted molar refractivity (Wildman–Crippen MR) is 33.7 cm³/mol. The van der Waals surface area contributed by atoms with E-state index in [1.54, 1.807) is 0 Å². The molecule has 0 rings (SSSR count). The normalized spacial score (nSPS) is 10.2. The molecule has 1 nitrogen and oxygen atoms in total. The van der Waals surface area contributed by atoms with Crippen molar-refractivity contribution in [3.05, 3.63) is 0 Å². The third-order valence-electron chi connectivity index (χ3n) is 0.860. The zero-order valence-electron chi connectivity index (χ0n) is 5.96. The lowest BCUT2D eigenvalue weighted by molar-refractivity contribution is -0.151. The topological polar surface area (TPSA) is 17.1 Å².